The Morgan fingerprint density at radius 3 is 2.68 bits per heavy atom. The zero-order valence-corrected chi connectivity index (χ0v) is 17.6. The first-order valence-corrected chi connectivity index (χ1v) is 10.5. The number of hydrogen-bond donors (Lipinski definition) is 1. The topological polar surface area (TPSA) is 65.4 Å². The second-order valence-electron chi connectivity index (χ2n) is 7.29. The molecule has 1 aromatic carbocycles. The zero-order valence-electron chi connectivity index (χ0n) is 16.7. The summed E-state index contributed by atoms with van der Waals surface area (Å²) in [6, 6.07) is 10.3. The normalized spacial score (nSPS) is 14.7. The highest BCUT2D eigenvalue weighted by atomic mass is 32.1. The molecule has 0 fully saturated rings. The second kappa shape index (κ2) is 9.22. The van der Waals surface area contributed by atoms with Gasteiger partial charge in [0.05, 0.1) is 19.2 Å². The van der Waals surface area contributed by atoms with Gasteiger partial charge < -0.3 is 10.1 Å². The number of nitriles is 1. The molecule has 1 aliphatic carbocycles. The van der Waals surface area contributed by atoms with E-state index in [1.807, 2.05) is 36.2 Å². The van der Waals surface area contributed by atoms with Crippen molar-refractivity contribution in [2.24, 2.45) is 0 Å². The van der Waals surface area contributed by atoms with Crippen molar-refractivity contribution in [1.29, 1.82) is 5.26 Å². The molecule has 6 heteroatoms. The van der Waals surface area contributed by atoms with E-state index in [9.17, 15) is 10.1 Å². The largest absolute Gasteiger partial charge is 0.497 e. The summed E-state index contributed by atoms with van der Waals surface area (Å²) in [6.45, 7) is 2.34. The van der Waals surface area contributed by atoms with Crippen LogP contribution in [0.3, 0.4) is 0 Å². The van der Waals surface area contributed by atoms with Crippen LogP contribution in [0.1, 0.15) is 53.8 Å². The maximum atomic E-state index is 12.6. The van der Waals surface area contributed by atoms with Crippen LogP contribution in [-0.4, -0.2) is 31.5 Å². The Hall–Kier alpha value is -2.36. The van der Waals surface area contributed by atoms with Crippen molar-refractivity contribution >= 4 is 22.2 Å². The Bertz CT molecular complexity index is 867. The van der Waals surface area contributed by atoms with Gasteiger partial charge in [-0.05, 0) is 62.9 Å². The van der Waals surface area contributed by atoms with E-state index in [0.717, 1.165) is 42.6 Å². The predicted octanol–water partition coefficient (Wildman–Crippen LogP) is 4.53. The minimum absolute atomic E-state index is 0.0872. The minimum atomic E-state index is -0.0872. The van der Waals surface area contributed by atoms with E-state index in [2.05, 4.69) is 18.3 Å². The van der Waals surface area contributed by atoms with Gasteiger partial charge >= 0.3 is 0 Å². The molecule has 28 heavy (non-hydrogen) atoms. The maximum absolute atomic E-state index is 12.6. The van der Waals surface area contributed by atoms with E-state index in [4.69, 9.17) is 4.74 Å². The molecular weight excluding hydrogens is 370 g/mol. The van der Waals surface area contributed by atoms with E-state index in [0.29, 0.717) is 10.6 Å². The summed E-state index contributed by atoms with van der Waals surface area (Å²) in [5.41, 5.74) is 2.94. The van der Waals surface area contributed by atoms with Gasteiger partial charge in [-0.3, -0.25) is 9.69 Å². The molecule has 0 saturated heterocycles. The lowest BCUT2D eigenvalue weighted by molar-refractivity contribution is -0.117. The number of nitrogens with zero attached hydrogens (tertiary/aromatic N) is 2. The van der Waals surface area contributed by atoms with Gasteiger partial charge in [0, 0.05) is 10.9 Å². The van der Waals surface area contributed by atoms with Crippen LogP contribution in [0.25, 0.3) is 0 Å². The average Bonchev–Trinajstić information content (AvgIpc) is 2.86. The number of ether oxygens (including phenoxy) is 1. The fraction of sp³-hybridized carbons (Fsp3) is 0.455. The van der Waals surface area contributed by atoms with Gasteiger partial charge in [-0.2, -0.15) is 5.26 Å². The summed E-state index contributed by atoms with van der Waals surface area (Å²) in [5.74, 6) is 0.730. The van der Waals surface area contributed by atoms with Gasteiger partial charge in [0.2, 0.25) is 5.91 Å². The molecule has 1 heterocycles. The molecule has 0 spiro atoms. The molecule has 1 aromatic heterocycles. The van der Waals surface area contributed by atoms with Crippen LogP contribution >= 0.6 is 11.3 Å². The van der Waals surface area contributed by atoms with Crippen LogP contribution in [-0.2, 0) is 17.6 Å². The number of anilines is 1. The lowest BCUT2D eigenvalue weighted by Crippen LogP contribution is -2.32. The molecule has 0 radical (unpaired) electrons. The molecule has 1 aliphatic rings. The van der Waals surface area contributed by atoms with Crippen LogP contribution < -0.4 is 10.1 Å². The summed E-state index contributed by atoms with van der Waals surface area (Å²) in [5, 5.41) is 13.3. The highest BCUT2D eigenvalue weighted by Gasteiger charge is 2.22. The number of hydrogen-bond acceptors (Lipinski definition) is 5. The molecular formula is C22H27N3O2S. The SMILES string of the molecule is COc1ccc(C(C)N(C)CC(=O)Nc2sc3c(c2C#N)CCCCC3)cc1. The van der Waals surface area contributed by atoms with Crippen LogP contribution in [0, 0.1) is 11.3 Å². The first-order valence-electron chi connectivity index (χ1n) is 9.72. The number of amides is 1. The molecule has 0 bridgehead atoms. The third-order valence-corrected chi connectivity index (χ3v) is 6.65. The predicted molar refractivity (Wildman–Crippen MR) is 113 cm³/mol. The van der Waals surface area contributed by atoms with E-state index in [1.54, 1.807) is 18.4 Å². The lowest BCUT2D eigenvalue weighted by Gasteiger charge is -2.24. The van der Waals surface area contributed by atoms with Crippen molar-refractivity contribution in [3.8, 4) is 11.8 Å². The summed E-state index contributed by atoms with van der Waals surface area (Å²) in [7, 11) is 3.58. The number of aryl methyl sites for hydroxylation is 1. The number of methoxy groups -OCH3 is 1. The van der Waals surface area contributed by atoms with Crippen molar-refractivity contribution in [1.82, 2.24) is 4.90 Å². The Kier molecular flexibility index (Phi) is 6.71. The molecule has 3 rings (SSSR count). The number of carbonyl (C=O) groups is 1. The van der Waals surface area contributed by atoms with E-state index in [-0.39, 0.29) is 18.5 Å². The van der Waals surface area contributed by atoms with Crippen LogP contribution in [0.4, 0.5) is 5.00 Å². The van der Waals surface area contributed by atoms with E-state index in [1.165, 1.54) is 11.3 Å². The maximum Gasteiger partial charge on any atom is 0.239 e. The fourth-order valence-electron chi connectivity index (χ4n) is 3.62. The van der Waals surface area contributed by atoms with Gasteiger partial charge in [0.1, 0.15) is 16.8 Å². The average molecular weight is 398 g/mol. The molecule has 1 unspecified atom stereocenters. The monoisotopic (exact) mass is 397 g/mol. The van der Waals surface area contributed by atoms with E-state index < -0.39 is 0 Å². The molecule has 0 saturated carbocycles. The number of carbonyl (C=O) groups excluding carboxylic acids is 1. The molecule has 148 valence electrons. The summed E-state index contributed by atoms with van der Waals surface area (Å²) in [6.07, 6.45) is 5.45. The lowest BCUT2D eigenvalue weighted by atomic mass is 10.1. The van der Waals surface area contributed by atoms with Crippen molar-refractivity contribution in [2.75, 3.05) is 26.0 Å². The Morgan fingerprint density at radius 2 is 2.00 bits per heavy atom. The Labute approximate surface area is 170 Å². The minimum Gasteiger partial charge on any atom is -0.497 e. The van der Waals surface area contributed by atoms with Gasteiger partial charge in [-0.15, -0.1) is 11.3 Å². The van der Waals surface area contributed by atoms with Gasteiger partial charge in [0.15, 0.2) is 0 Å². The Morgan fingerprint density at radius 1 is 1.29 bits per heavy atom. The number of fused-ring (bicyclic) bond motifs is 1. The third-order valence-electron chi connectivity index (χ3n) is 5.44. The third kappa shape index (κ3) is 4.54. The molecule has 0 aliphatic heterocycles. The van der Waals surface area contributed by atoms with Gasteiger partial charge in [-0.1, -0.05) is 18.6 Å². The zero-order chi connectivity index (χ0) is 20.1. The number of thiophene rings is 1. The molecule has 1 amide bonds. The highest BCUT2D eigenvalue weighted by molar-refractivity contribution is 7.16. The van der Waals surface area contributed by atoms with Crippen LogP contribution in [0.15, 0.2) is 24.3 Å². The number of likely N-dealkylation sites (N-methyl/N-ethyl adjacent to an activating group) is 1. The number of rotatable bonds is 6. The van der Waals surface area contributed by atoms with E-state index >= 15 is 0 Å². The molecule has 5 nitrogen and oxygen atoms in total. The molecule has 1 N–H and O–H groups in total. The number of benzene rings is 1. The molecule has 2 aromatic rings. The molecule has 1 atom stereocenters. The quantitative estimate of drug-likeness (QED) is 0.728. The van der Waals surface area contributed by atoms with Crippen LogP contribution in [0.5, 0.6) is 5.75 Å². The first kappa shape index (κ1) is 20.4. The van der Waals surface area contributed by atoms with Gasteiger partial charge in [0.25, 0.3) is 0 Å². The second-order valence-corrected chi connectivity index (χ2v) is 8.40. The Balaban J connectivity index is 1.65. The highest BCUT2D eigenvalue weighted by Crippen LogP contribution is 2.37. The summed E-state index contributed by atoms with van der Waals surface area (Å²) >= 11 is 1.58. The van der Waals surface area contributed by atoms with Crippen molar-refractivity contribution < 1.29 is 9.53 Å². The van der Waals surface area contributed by atoms with Crippen LogP contribution in [0.2, 0.25) is 0 Å². The smallest absolute Gasteiger partial charge is 0.239 e. The summed E-state index contributed by atoms with van der Waals surface area (Å²) < 4.78 is 5.20. The summed E-state index contributed by atoms with van der Waals surface area (Å²) in [4.78, 5) is 15.9. The van der Waals surface area contributed by atoms with Crippen molar-refractivity contribution in [3.05, 3.63) is 45.8 Å². The fourth-order valence-corrected chi connectivity index (χ4v) is 4.87. The standard InChI is InChI=1S/C22H27N3O2S/c1-15(16-9-11-17(27-3)12-10-16)25(2)14-21(26)24-22-19(13-23)18-7-5-4-6-8-20(18)28-22/h9-12,15H,4-8,14H2,1-3H3,(H,24,26). The number of nitrogens with one attached hydrogen (secondary N) is 1. The van der Waals surface area contributed by atoms with Crippen molar-refractivity contribution in [3.63, 3.8) is 0 Å². The van der Waals surface area contributed by atoms with Crippen molar-refractivity contribution in [2.45, 2.75) is 45.1 Å². The first-order chi connectivity index (χ1) is 13.5. The van der Waals surface area contributed by atoms with Gasteiger partial charge in [-0.25, -0.2) is 0 Å².